The third kappa shape index (κ3) is 3.18. The highest BCUT2D eigenvalue weighted by molar-refractivity contribution is 5.79. The summed E-state index contributed by atoms with van der Waals surface area (Å²) in [6, 6.07) is 6.21. The van der Waals surface area contributed by atoms with Gasteiger partial charge in [-0.1, -0.05) is 25.0 Å². The van der Waals surface area contributed by atoms with Gasteiger partial charge < -0.3 is 10.6 Å². The normalized spacial score (nSPS) is 24.2. The van der Waals surface area contributed by atoms with Crippen molar-refractivity contribution in [3.8, 4) is 0 Å². The summed E-state index contributed by atoms with van der Waals surface area (Å²) in [6.45, 7) is 1.96. The number of rotatable bonds is 3. The zero-order valence-electron chi connectivity index (χ0n) is 12.2. The molecule has 1 aromatic rings. The second-order valence-corrected chi connectivity index (χ2v) is 5.73. The highest BCUT2D eigenvalue weighted by Crippen LogP contribution is 2.28. The first-order chi connectivity index (χ1) is 9.50. The van der Waals surface area contributed by atoms with Crippen LogP contribution in [0.25, 0.3) is 0 Å². The van der Waals surface area contributed by atoms with Gasteiger partial charge in [0.15, 0.2) is 0 Å². The molecule has 2 N–H and O–H groups in total. The van der Waals surface area contributed by atoms with E-state index >= 15 is 0 Å². The van der Waals surface area contributed by atoms with Crippen LogP contribution in [0.1, 0.15) is 44.2 Å². The van der Waals surface area contributed by atoms with Gasteiger partial charge in [0.2, 0.25) is 5.91 Å². The van der Waals surface area contributed by atoms with Gasteiger partial charge in [-0.2, -0.15) is 0 Å². The lowest BCUT2D eigenvalue weighted by Crippen LogP contribution is -2.45. The molecule has 1 saturated carbocycles. The fraction of sp³-hybridized carbons (Fsp3) is 0.562. The van der Waals surface area contributed by atoms with E-state index in [1.54, 1.807) is 24.1 Å². The van der Waals surface area contributed by atoms with Crippen molar-refractivity contribution in [3.05, 3.63) is 35.6 Å². The van der Waals surface area contributed by atoms with E-state index in [1.807, 2.05) is 6.92 Å². The summed E-state index contributed by atoms with van der Waals surface area (Å²) in [5.41, 5.74) is 7.02. The number of halogens is 1. The molecular formula is C16H23FN2O. The Kier molecular flexibility index (Phi) is 4.76. The summed E-state index contributed by atoms with van der Waals surface area (Å²) in [5.74, 6) is -0.227. The van der Waals surface area contributed by atoms with Crippen LogP contribution in [-0.2, 0) is 4.79 Å². The summed E-state index contributed by atoms with van der Waals surface area (Å²) in [5, 5.41) is 0. The second-order valence-electron chi connectivity index (χ2n) is 5.73. The van der Waals surface area contributed by atoms with Crippen LogP contribution in [-0.4, -0.2) is 23.9 Å². The average Bonchev–Trinajstić information content (AvgIpc) is 2.46. The van der Waals surface area contributed by atoms with Crippen molar-refractivity contribution in [3.63, 3.8) is 0 Å². The van der Waals surface area contributed by atoms with E-state index in [9.17, 15) is 9.18 Å². The number of hydrogen-bond donors (Lipinski definition) is 1. The third-order valence-electron chi connectivity index (χ3n) is 4.42. The minimum atomic E-state index is -0.260. The maximum Gasteiger partial charge on any atom is 0.227 e. The molecule has 2 rings (SSSR count). The number of hydrogen-bond acceptors (Lipinski definition) is 2. The van der Waals surface area contributed by atoms with Gasteiger partial charge in [-0.15, -0.1) is 0 Å². The van der Waals surface area contributed by atoms with Gasteiger partial charge in [0, 0.05) is 13.1 Å². The first-order valence-electron chi connectivity index (χ1n) is 7.28. The van der Waals surface area contributed by atoms with Gasteiger partial charge in [-0.05, 0) is 37.5 Å². The van der Waals surface area contributed by atoms with Crippen LogP contribution in [0, 0.1) is 11.7 Å². The molecule has 0 spiro atoms. The van der Waals surface area contributed by atoms with E-state index in [-0.39, 0.29) is 29.7 Å². The minimum Gasteiger partial charge on any atom is -0.339 e. The van der Waals surface area contributed by atoms with Crippen LogP contribution >= 0.6 is 0 Å². The highest BCUT2D eigenvalue weighted by Gasteiger charge is 2.32. The summed E-state index contributed by atoms with van der Waals surface area (Å²) in [6.07, 6.45) is 3.99. The Hall–Kier alpha value is -1.42. The van der Waals surface area contributed by atoms with Crippen molar-refractivity contribution in [2.24, 2.45) is 11.7 Å². The first-order valence-corrected chi connectivity index (χ1v) is 7.28. The second kappa shape index (κ2) is 6.35. The fourth-order valence-electron chi connectivity index (χ4n) is 2.88. The Morgan fingerprint density at radius 3 is 2.50 bits per heavy atom. The van der Waals surface area contributed by atoms with E-state index in [0.29, 0.717) is 0 Å². The van der Waals surface area contributed by atoms with Crippen LogP contribution in [0.3, 0.4) is 0 Å². The summed E-state index contributed by atoms with van der Waals surface area (Å²) in [4.78, 5) is 14.3. The van der Waals surface area contributed by atoms with Crippen LogP contribution in [0.4, 0.5) is 4.39 Å². The van der Waals surface area contributed by atoms with Crippen molar-refractivity contribution in [1.29, 1.82) is 0 Å². The maximum atomic E-state index is 13.0. The molecule has 1 aliphatic carbocycles. The first kappa shape index (κ1) is 15.0. The SMILES string of the molecule is CC(c1ccc(F)cc1)N(C)C(=O)C1CCCCC1N. The van der Waals surface area contributed by atoms with Crippen molar-refractivity contribution in [1.82, 2.24) is 4.90 Å². The molecule has 1 aromatic carbocycles. The number of amides is 1. The van der Waals surface area contributed by atoms with E-state index in [4.69, 9.17) is 5.73 Å². The molecule has 0 radical (unpaired) electrons. The molecule has 3 atom stereocenters. The molecule has 1 fully saturated rings. The summed E-state index contributed by atoms with van der Waals surface area (Å²) < 4.78 is 13.0. The molecular weight excluding hydrogens is 255 g/mol. The summed E-state index contributed by atoms with van der Waals surface area (Å²) >= 11 is 0. The third-order valence-corrected chi connectivity index (χ3v) is 4.42. The standard InChI is InChI=1S/C16H23FN2O/c1-11(12-7-9-13(17)10-8-12)19(2)16(20)14-5-3-4-6-15(14)18/h7-11,14-15H,3-6,18H2,1-2H3. The van der Waals surface area contributed by atoms with Crippen LogP contribution in [0.2, 0.25) is 0 Å². The Balaban J connectivity index is 2.07. The van der Waals surface area contributed by atoms with Crippen molar-refractivity contribution < 1.29 is 9.18 Å². The summed E-state index contributed by atoms with van der Waals surface area (Å²) in [7, 11) is 1.80. The van der Waals surface area contributed by atoms with E-state index < -0.39 is 0 Å². The monoisotopic (exact) mass is 278 g/mol. The quantitative estimate of drug-likeness (QED) is 0.924. The molecule has 3 nitrogen and oxygen atoms in total. The van der Waals surface area contributed by atoms with Crippen LogP contribution in [0.5, 0.6) is 0 Å². The molecule has 3 unspecified atom stereocenters. The van der Waals surface area contributed by atoms with Crippen molar-refractivity contribution in [2.75, 3.05) is 7.05 Å². The molecule has 0 saturated heterocycles. The predicted octanol–water partition coefficient (Wildman–Crippen LogP) is 2.86. The van der Waals surface area contributed by atoms with E-state index in [2.05, 4.69) is 0 Å². The maximum absolute atomic E-state index is 13.0. The lowest BCUT2D eigenvalue weighted by Gasteiger charge is -2.34. The smallest absolute Gasteiger partial charge is 0.227 e. The number of nitrogens with zero attached hydrogens (tertiary/aromatic N) is 1. The molecule has 110 valence electrons. The largest absolute Gasteiger partial charge is 0.339 e. The van der Waals surface area contributed by atoms with Gasteiger partial charge in [0.05, 0.1) is 12.0 Å². The lowest BCUT2D eigenvalue weighted by atomic mass is 9.84. The van der Waals surface area contributed by atoms with E-state index in [0.717, 1.165) is 31.2 Å². The number of carbonyl (C=O) groups is 1. The highest BCUT2D eigenvalue weighted by atomic mass is 19.1. The zero-order valence-corrected chi connectivity index (χ0v) is 12.2. The Labute approximate surface area is 120 Å². The molecule has 4 heteroatoms. The molecule has 0 aliphatic heterocycles. The van der Waals surface area contributed by atoms with Crippen molar-refractivity contribution in [2.45, 2.75) is 44.7 Å². The molecule has 0 aromatic heterocycles. The minimum absolute atomic E-state index is 0.0286. The number of nitrogens with two attached hydrogens (primary N) is 1. The molecule has 20 heavy (non-hydrogen) atoms. The topological polar surface area (TPSA) is 46.3 Å². The molecule has 0 heterocycles. The van der Waals surface area contributed by atoms with Crippen LogP contribution in [0.15, 0.2) is 24.3 Å². The average molecular weight is 278 g/mol. The van der Waals surface area contributed by atoms with Crippen LogP contribution < -0.4 is 5.73 Å². The zero-order chi connectivity index (χ0) is 14.7. The predicted molar refractivity (Wildman–Crippen MR) is 77.5 cm³/mol. The fourth-order valence-corrected chi connectivity index (χ4v) is 2.88. The Bertz CT molecular complexity index is 460. The Morgan fingerprint density at radius 1 is 1.30 bits per heavy atom. The number of benzene rings is 1. The van der Waals surface area contributed by atoms with Gasteiger partial charge in [-0.3, -0.25) is 4.79 Å². The van der Waals surface area contributed by atoms with Gasteiger partial charge in [-0.25, -0.2) is 4.39 Å². The number of carbonyl (C=O) groups excluding carboxylic acids is 1. The van der Waals surface area contributed by atoms with Gasteiger partial charge in [0.25, 0.3) is 0 Å². The van der Waals surface area contributed by atoms with E-state index in [1.165, 1.54) is 12.1 Å². The lowest BCUT2D eigenvalue weighted by molar-refractivity contribution is -0.137. The van der Waals surface area contributed by atoms with Crippen molar-refractivity contribution >= 4 is 5.91 Å². The Morgan fingerprint density at radius 2 is 1.90 bits per heavy atom. The van der Waals surface area contributed by atoms with Gasteiger partial charge >= 0.3 is 0 Å². The molecule has 0 bridgehead atoms. The molecule has 1 amide bonds. The molecule has 1 aliphatic rings. The van der Waals surface area contributed by atoms with Gasteiger partial charge in [0.1, 0.15) is 5.82 Å².